The summed E-state index contributed by atoms with van der Waals surface area (Å²) in [6.45, 7) is 0.466. The molecule has 21 heavy (non-hydrogen) atoms. The number of benzene rings is 1. The van der Waals surface area contributed by atoms with Crippen LogP contribution in [0.25, 0.3) is 0 Å². The number of rotatable bonds is 4. The molecule has 1 fully saturated rings. The Morgan fingerprint density at radius 1 is 1.19 bits per heavy atom. The molecule has 0 N–H and O–H groups in total. The second kappa shape index (κ2) is 6.12. The van der Waals surface area contributed by atoms with Crippen LogP contribution in [0.4, 0.5) is 4.39 Å². The first-order valence-electron chi connectivity index (χ1n) is 7.33. The normalized spacial score (nSPS) is 15.3. The van der Waals surface area contributed by atoms with Gasteiger partial charge in [-0.05, 0) is 49.2 Å². The van der Waals surface area contributed by atoms with Gasteiger partial charge in [0.05, 0.1) is 12.8 Å². The minimum absolute atomic E-state index is 0.0571. The van der Waals surface area contributed by atoms with Gasteiger partial charge in [0.1, 0.15) is 11.6 Å². The van der Waals surface area contributed by atoms with Gasteiger partial charge in [0.15, 0.2) is 0 Å². The zero-order valence-corrected chi connectivity index (χ0v) is 11.8. The molecule has 1 saturated carbocycles. The van der Waals surface area contributed by atoms with Gasteiger partial charge in [0, 0.05) is 11.6 Å². The number of halogens is 1. The predicted molar refractivity (Wildman–Crippen MR) is 77.2 cm³/mol. The molecule has 0 atom stereocenters. The molecule has 1 aromatic heterocycles. The van der Waals surface area contributed by atoms with Crippen LogP contribution < -0.4 is 0 Å². The predicted octanol–water partition coefficient (Wildman–Crippen LogP) is 4.00. The summed E-state index contributed by atoms with van der Waals surface area (Å²) < 4.78 is 18.4. The molecule has 0 bridgehead atoms. The van der Waals surface area contributed by atoms with Gasteiger partial charge < -0.3 is 9.32 Å². The molecule has 0 saturated heterocycles. The Morgan fingerprint density at radius 2 is 1.90 bits per heavy atom. The molecular weight excluding hydrogens is 269 g/mol. The highest BCUT2D eigenvalue weighted by atomic mass is 19.1. The molecule has 0 spiro atoms. The van der Waals surface area contributed by atoms with Crippen molar-refractivity contribution in [2.24, 2.45) is 0 Å². The fourth-order valence-electron chi connectivity index (χ4n) is 2.91. The first-order valence-corrected chi connectivity index (χ1v) is 7.33. The van der Waals surface area contributed by atoms with E-state index < -0.39 is 0 Å². The molecule has 1 aliphatic carbocycles. The number of hydrogen-bond acceptors (Lipinski definition) is 2. The van der Waals surface area contributed by atoms with E-state index in [4.69, 9.17) is 4.42 Å². The number of carbonyl (C=O) groups is 1. The monoisotopic (exact) mass is 287 g/mol. The van der Waals surface area contributed by atoms with Crippen LogP contribution in [0.3, 0.4) is 0 Å². The Balaban J connectivity index is 1.83. The highest BCUT2D eigenvalue weighted by molar-refractivity contribution is 5.94. The molecular formula is C17H18FNO2. The second-order valence-corrected chi connectivity index (χ2v) is 5.46. The number of nitrogens with zero attached hydrogens (tertiary/aromatic N) is 1. The van der Waals surface area contributed by atoms with Crippen molar-refractivity contribution in [3.63, 3.8) is 0 Å². The van der Waals surface area contributed by atoms with E-state index in [0.29, 0.717) is 12.1 Å². The lowest BCUT2D eigenvalue weighted by Gasteiger charge is -2.28. The largest absolute Gasteiger partial charge is 0.467 e. The number of hydrogen-bond donors (Lipinski definition) is 0. The standard InChI is InChI=1S/C17H18FNO2/c18-14-9-7-13(8-10-14)17(20)19(15-4-1-2-5-15)12-16-6-3-11-21-16/h3,6-11,15H,1-2,4-5,12H2. The van der Waals surface area contributed by atoms with E-state index in [2.05, 4.69) is 0 Å². The van der Waals surface area contributed by atoms with E-state index in [0.717, 1.165) is 31.4 Å². The van der Waals surface area contributed by atoms with Crippen molar-refractivity contribution < 1.29 is 13.6 Å². The number of furan rings is 1. The third-order valence-corrected chi connectivity index (χ3v) is 4.02. The Morgan fingerprint density at radius 3 is 2.52 bits per heavy atom. The summed E-state index contributed by atoms with van der Waals surface area (Å²) in [4.78, 5) is 14.6. The molecule has 1 heterocycles. The third-order valence-electron chi connectivity index (χ3n) is 4.02. The Hall–Kier alpha value is -2.10. The van der Waals surface area contributed by atoms with Crippen LogP contribution in [0.2, 0.25) is 0 Å². The van der Waals surface area contributed by atoms with Gasteiger partial charge in [-0.15, -0.1) is 0 Å². The molecule has 1 aliphatic rings. The smallest absolute Gasteiger partial charge is 0.254 e. The Labute approximate surface area is 123 Å². The van der Waals surface area contributed by atoms with E-state index in [-0.39, 0.29) is 17.8 Å². The molecule has 3 nitrogen and oxygen atoms in total. The average Bonchev–Trinajstić information content (AvgIpc) is 3.18. The maximum absolute atomic E-state index is 13.0. The van der Waals surface area contributed by atoms with Crippen molar-refractivity contribution in [1.82, 2.24) is 4.90 Å². The van der Waals surface area contributed by atoms with Gasteiger partial charge in [-0.2, -0.15) is 0 Å². The maximum Gasteiger partial charge on any atom is 0.254 e. The van der Waals surface area contributed by atoms with Crippen molar-refractivity contribution in [2.75, 3.05) is 0 Å². The van der Waals surface area contributed by atoms with E-state index in [1.54, 1.807) is 18.4 Å². The fraction of sp³-hybridized carbons (Fsp3) is 0.353. The van der Waals surface area contributed by atoms with Crippen molar-refractivity contribution in [1.29, 1.82) is 0 Å². The Kier molecular flexibility index (Phi) is 4.04. The quantitative estimate of drug-likeness (QED) is 0.851. The molecule has 0 unspecified atom stereocenters. The average molecular weight is 287 g/mol. The highest BCUT2D eigenvalue weighted by Crippen LogP contribution is 2.26. The van der Waals surface area contributed by atoms with Gasteiger partial charge >= 0.3 is 0 Å². The third kappa shape index (κ3) is 3.15. The van der Waals surface area contributed by atoms with Gasteiger partial charge in [0.25, 0.3) is 5.91 Å². The zero-order valence-electron chi connectivity index (χ0n) is 11.8. The van der Waals surface area contributed by atoms with E-state index >= 15 is 0 Å². The van der Waals surface area contributed by atoms with Crippen LogP contribution in [-0.4, -0.2) is 16.8 Å². The van der Waals surface area contributed by atoms with Crippen molar-refractivity contribution in [3.05, 3.63) is 59.8 Å². The molecule has 4 heteroatoms. The summed E-state index contributed by atoms with van der Waals surface area (Å²) in [6.07, 6.45) is 5.96. The first-order chi connectivity index (χ1) is 10.2. The molecule has 1 amide bonds. The van der Waals surface area contributed by atoms with Crippen molar-refractivity contribution in [2.45, 2.75) is 38.3 Å². The lowest BCUT2D eigenvalue weighted by Crippen LogP contribution is -2.38. The lowest BCUT2D eigenvalue weighted by atomic mass is 10.1. The summed E-state index contributed by atoms with van der Waals surface area (Å²) in [5, 5.41) is 0. The van der Waals surface area contributed by atoms with Gasteiger partial charge in [0.2, 0.25) is 0 Å². The van der Waals surface area contributed by atoms with Gasteiger partial charge in [-0.3, -0.25) is 4.79 Å². The van der Waals surface area contributed by atoms with Crippen LogP contribution in [-0.2, 0) is 6.54 Å². The first kappa shape index (κ1) is 13.9. The van der Waals surface area contributed by atoms with Crippen LogP contribution in [0, 0.1) is 5.82 Å². The molecule has 0 aliphatic heterocycles. The van der Waals surface area contributed by atoms with Crippen LogP contribution in [0.15, 0.2) is 47.1 Å². The van der Waals surface area contributed by atoms with Crippen LogP contribution >= 0.6 is 0 Å². The minimum atomic E-state index is -0.329. The summed E-state index contributed by atoms with van der Waals surface area (Å²) >= 11 is 0. The summed E-state index contributed by atoms with van der Waals surface area (Å²) in [5.41, 5.74) is 0.523. The molecule has 0 radical (unpaired) electrons. The number of carbonyl (C=O) groups excluding carboxylic acids is 1. The highest BCUT2D eigenvalue weighted by Gasteiger charge is 2.28. The van der Waals surface area contributed by atoms with Gasteiger partial charge in [-0.25, -0.2) is 4.39 Å². The number of amides is 1. The fourth-order valence-corrected chi connectivity index (χ4v) is 2.91. The summed E-state index contributed by atoms with van der Waals surface area (Å²) in [7, 11) is 0. The molecule has 3 rings (SSSR count). The molecule has 1 aromatic carbocycles. The Bertz CT molecular complexity index is 586. The van der Waals surface area contributed by atoms with Crippen molar-refractivity contribution >= 4 is 5.91 Å². The molecule has 110 valence electrons. The van der Waals surface area contributed by atoms with E-state index in [9.17, 15) is 9.18 Å². The van der Waals surface area contributed by atoms with Crippen LogP contribution in [0.5, 0.6) is 0 Å². The SMILES string of the molecule is O=C(c1ccc(F)cc1)N(Cc1ccco1)C1CCCC1. The zero-order chi connectivity index (χ0) is 14.7. The second-order valence-electron chi connectivity index (χ2n) is 5.46. The molecule has 2 aromatic rings. The maximum atomic E-state index is 13.0. The van der Waals surface area contributed by atoms with E-state index in [1.807, 2.05) is 17.0 Å². The van der Waals surface area contributed by atoms with Crippen molar-refractivity contribution in [3.8, 4) is 0 Å². The minimum Gasteiger partial charge on any atom is -0.467 e. The van der Waals surface area contributed by atoms with Gasteiger partial charge in [-0.1, -0.05) is 12.8 Å². The topological polar surface area (TPSA) is 33.5 Å². The summed E-state index contributed by atoms with van der Waals surface area (Å²) in [6, 6.07) is 9.68. The lowest BCUT2D eigenvalue weighted by molar-refractivity contribution is 0.0649. The summed E-state index contributed by atoms with van der Waals surface area (Å²) in [5.74, 6) is 0.390. The van der Waals surface area contributed by atoms with E-state index in [1.165, 1.54) is 12.1 Å². The van der Waals surface area contributed by atoms with Crippen LogP contribution in [0.1, 0.15) is 41.8 Å².